The summed E-state index contributed by atoms with van der Waals surface area (Å²) in [5.41, 5.74) is 1.76. The lowest BCUT2D eigenvalue weighted by Crippen LogP contribution is -2.31. The van der Waals surface area contributed by atoms with Gasteiger partial charge in [0.1, 0.15) is 23.1 Å². The molecule has 118 valence electrons. The number of ether oxygens (including phenoxy) is 2. The third-order valence-corrected chi connectivity index (χ3v) is 4.94. The van der Waals surface area contributed by atoms with Crippen molar-refractivity contribution in [3.63, 3.8) is 0 Å². The first-order chi connectivity index (χ1) is 10.9. The van der Waals surface area contributed by atoms with Gasteiger partial charge in [-0.15, -0.1) is 0 Å². The molecule has 0 amide bonds. The number of carbonyl (C=O) groups is 1. The predicted octanol–water partition coefficient (Wildman–Crippen LogP) is 4.21. The van der Waals surface area contributed by atoms with Gasteiger partial charge in [0.05, 0.1) is 18.6 Å². The van der Waals surface area contributed by atoms with Crippen molar-refractivity contribution in [2.24, 2.45) is 5.92 Å². The molecular weight excluding hydrogens is 295 g/mol. The molecule has 1 heterocycles. The number of halogens is 1. The molecule has 23 heavy (non-hydrogen) atoms. The maximum absolute atomic E-state index is 13.5. The second-order valence-corrected chi connectivity index (χ2v) is 6.63. The fourth-order valence-corrected chi connectivity index (χ4v) is 3.69. The Morgan fingerprint density at radius 3 is 2.87 bits per heavy atom. The van der Waals surface area contributed by atoms with E-state index in [0.717, 1.165) is 5.56 Å². The largest absolute Gasteiger partial charge is 0.497 e. The van der Waals surface area contributed by atoms with Crippen molar-refractivity contribution in [3.05, 3.63) is 64.4 Å². The van der Waals surface area contributed by atoms with E-state index in [9.17, 15) is 9.18 Å². The van der Waals surface area contributed by atoms with Crippen LogP contribution >= 0.6 is 0 Å². The van der Waals surface area contributed by atoms with Crippen molar-refractivity contribution in [2.45, 2.75) is 25.7 Å². The lowest BCUT2D eigenvalue weighted by atomic mass is 9.70. The molecule has 0 saturated carbocycles. The summed E-state index contributed by atoms with van der Waals surface area (Å²) in [6, 6.07) is 5.49. The Hall–Kier alpha value is -2.36. The minimum atomic E-state index is -0.470. The van der Waals surface area contributed by atoms with Crippen LogP contribution in [-0.2, 0) is 10.2 Å². The number of Topliss-reactive ketones (excluding diaryl/α,β-unsaturated/α-hetero) is 1. The molecular formula is C19H17FO3. The lowest BCUT2D eigenvalue weighted by Gasteiger charge is -2.32. The highest BCUT2D eigenvalue weighted by Crippen LogP contribution is 2.52. The van der Waals surface area contributed by atoms with E-state index in [0.29, 0.717) is 34.8 Å². The first kappa shape index (κ1) is 14.2. The van der Waals surface area contributed by atoms with Crippen molar-refractivity contribution in [1.82, 2.24) is 0 Å². The maximum Gasteiger partial charge on any atom is 0.193 e. The summed E-state index contributed by atoms with van der Waals surface area (Å²) in [6.07, 6.45) is 3.36. The molecule has 0 saturated heterocycles. The highest BCUT2D eigenvalue weighted by Gasteiger charge is 2.48. The number of hydrogen-bond acceptors (Lipinski definition) is 3. The Morgan fingerprint density at radius 2 is 2.13 bits per heavy atom. The van der Waals surface area contributed by atoms with Crippen LogP contribution in [0.15, 0.2) is 53.3 Å². The number of benzene rings is 1. The standard InChI is InChI=1S/C19H17FO3/c1-19(2)14-9-11(22-3)5-7-12(14)17(21)16-13-6-4-10(20)8-15(13)23-18(16)19/h4-5,7-9,13H,6H2,1-3H3. The van der Waals surface area contributed by atoms with E-state index >= 15 is 0 Å². The monoisotopic (exact) mass is 312 g/mol. The molecule has 2 aliphatic carbocycles. The van der Waals surface area contributed by atoms with Crippen LogP contribution in [0.5, 0.6) is 5.75 Å². The van der Waals surface area contributed by atoms with E-state index in [1.807, 2.05) is 26.0 Å². The second-order valence-electron chi connectivity index (χ2n) is 6.63. The zero-order valence-corrected chi connectivity index (χ0v) is 13.3. The second kappa shape index (κ2) is 4.57. The fraction of sp³-hybridized carbons (Fsp3) is 0.316. The summed E-state index contributed by atoms with van der Waals surface area (Å²) in [6.45, 7) is 4.05. The van der Waals surface area contributed by atoms with Gasteiger partial charge < -0.3 is 9.47 Å². The molecule has 0 spiro atoms. The van der Waals surface area contributed by atoms with Gasteiger partial charge in [0.2, 0.25) is 0 Å². The highest BCUT2D eigenvalue weighted by atomic mass is 19.1. The molecule has 0 N–H and O–H groups in total. The van der Waals surface area contributed by atoms with E-state index in [1.165, 1.54) is 12.2 Å². The summed E-state index contributed by atoms with van der Waals surface area (Å²) in [5, 5.41) is 0. The van der Waals surface area contributed by atoms with Gasteiger partial charge in [0.25, 0.3) is 0 Å². The van der Waals surface area contributed by atoms with Gasteiger partial charge in [-0.2, -0.15) is 0 Å². The number of fused-ring (bicyclic) bond motifs is 3. The topological polar surface area (TPSA) is 35.5 Å². The minimum absolute atomic E-state index is 0.0268. The van der Waals surface area contributed by atoms with Crippen LogP contribution in [0.25, 0.3) is 0 Å². The van der Waals surface area contributed by atoms with E-state index in [1.54, 1.807) is 13.2 Å². The zero-order valence-electron chi connectivity index (χ0n) is 13.3. The summed E-state index contributed by atoms with van der Waals surface area (Å²) in [7, 11) is 1.60. The van der Waals surface area contributed by atoms with Crippen LogP contribution < -0.4 is 4.74 Å². The number of rotatable bonds is 1. The average Bonchev–Trinajstić information content (AvgIpc) is 2.92. The van der Waals surface area contributed by atoms with Crippen LogP contribution in [-0.4, -0.2) is 12.9 Å². The Balaban J connectivity index is 1.89. The van der Waals surface area contributed by atoms with Gasteiger partial charge in [-0.05, 0) is 50.1 Å². The summed E-state index contributed by atoms with van der Waals surface area (Å²) < 4.78 is 24.8. The minimum Gasteiger partial charge on any atom is -0.497 e. The van der Waals surface area contributed by atoms with Gasteiger partial charge in [-0.1, -0.05) is 0 Å². The molecule has 4 heteroatoms. The molecule has 3 aliphatic rings. The summed E-state index contributed by atoms with van der Waals surface area (Å²) in [5.74, 6) is 1.38. The maximum atomic E-state index is 13.5. The number of methoxy groups -OCH3 is 1. The average molecular weight is 312 g/mol. The van der Waals surface area contributed by atoms with Crippen LogP contribution in [0.4, 0.5) is 4.39 Å². The van der Waals surface area contributed by atoms with Crippen LogP contribution in [0.2, 0.25) is 0 Å². The lowest BCUT2D eigenvalue weighted by molar-refractivity contribution is 0.101. The van der Waals surface area contributed by atoms with E-state index in [2.05, 4.69) is 0 Å². The smallest absolute Gasteiger partial charge is 0.193 e. The van der Waals surface area contributed by atoms with E-state index in [-0.39, 0.29) is 17.5 Å². The molecule has 0 aromatic heterocycles. The Bertz CT molecular complexity index is 827. The highest BCUT2D eigenvalue weighted by molar-refractivity contribution is 6.13. The van der Waals surface area contributed by atoms with Crippen LogP contribution in [0.3, 0.4) is 0 Å². The van der Waals surface area contributed by atoms with Gasteiger partial charge in [-0.25, -0.2) is 4.39 Å². The SMILES string of the molecule is COc1ccc2c(c1)C(C)(C)C1=C(C2=O)C2CC=C(F)C=C2O1. The molecule has 1 unspecified atom stereocenters. The van der Waals surface area contributed by atoms with Crippen molar-refractivity contribution in [3.8, 4) is 5.75 Å². The predicted molar refractivity (Wildman–Crippen MR) is 83.8 cm³/mol. The van der Waals surface area contributed by atoms with Gasteiger partial charge in [-0.3, -0.25) is 4.79 Å². The van der Waals surface area contributed by atoms with Crippen molar-refractivity contribution < 1.29 is 18.7 Å². The first-order valence-electron chi connectivity index (χ1n) is 7.66. The molecule has 3 nitrogen and oxygen atoms in total. The molecule has 0 bridgehead atoms. The van der Waals surface area contributed by atoms with Crippen LogP contribution in [0.1, 0.15) is 36.2 Å². The fourth-order valence-electron chi connectivity index (χ4n) is 3.69. The summed E-state index contributed by atoms with van der Waals surface area (Å²) in [4.78, 5) is 13.0. The van der Waals surface area contributed by atoms with Crippen molar-refractivity contribution >= 4 is 5.78 Å². The third-order valence-electron chi connectivity index (χ3n) is 4.94. The van der Waals surface area contributed by atoms with Crippen molar-refractivity contribution in [1.29, 1.82) is 0 Å². The van der Waals surface area contributed by atoms with Gasteiger partial charge >= 0.3 is 0 Å². The molecule has 0 radical (unpaired) electrons. The van der Waals surface area contributed by atoms with Gasteiger partial charge in [0, 0.05) is 17.1 Å². The first-order valence-corrected chi connectivity index (χ1v) is 7.66. The number of hydrogen-bond donors (Lipinski definition) is 0. The van der Waals surface area contributed by atoms with Crippen molar-refractivity contribution in [2.75, 3.05) is 7.11 Å². The zero-order chi connectivity index (χ0) is 16.4. The summed E-state index contributed by atoms with van der Waals surface area (Å²) >= 11 is 0. The van der Waals surface area contributed by atoms with E-state index < -0.39 is 5.41 Å². The molecule has 1 aliphatic heterocycles. The number of allylic oxidation sites excluding steroid dienone is 5. The molecule has 4 rings (SSSR count). The third kappa shape index (κ3) is 1.84. The van der Waals surface area contributed by atoms with Gasteiger partial charge in [0.15, 0.2) is 5.78 Å². The quantitative estimate of drug-likeness (QED) is 0.779. The normalized spacial score (nSPS) is 24.2. The van der Waals surface area contributed by atoms with Crippen LogP contribution in [0, 0.1) is 5.92 Å². The molecule has 1 aromatic rings. The Kier molecular flexibility index (Phi) is 2.83. The molecule has 1 atom stereocenters. The molecule has 1 aromatic carbocycles. The number of carbonyl (C=O) groups excluding carboxylic acids is 1. The number of ketones is 1. The molecule has 0 fully saturated rings. The van der Waals surface area contributed by atoms with E-state index in [4.69, 9.17) is 9.47 Å². The Morgan fingerprint density at radius 1 is 1.35 bits per heavy atom. The Labute approximate surface area is 134 Å².